The fraction of sp³-hybridized carbons (Fsp3) is 0.125. The molecule has 0 heterocycles. The minimum Gasteiger partial charge on any atom is -0.504 e. The van der Waals surface area contributed by atoms with Gasteiger partial charge in [-0.05, 0) is 18.2 Å². The van der Waals surface area contributed by atoms with Gasteiger partial charge < -0.3 is 9.84 Å². The molecule has 0 saturated heterocycles. The van der Waals surface area contributed by atoms with Crippen LogP contribution in [0.1, 0.15) is 10.4 Å². The Kier molecular flexibility index (Phi) is 5.95. The van der Waals surface area contributed by atoms with Crippen molar-refractivity contribution in [3.8, 4) is 11.5 Å². The zero-order valence-corrected chi connectivity index (χ0v) is 10.3. The predicted octanol–water partition coefficient (Wildman–Crippen LogP) is 0.878. The van der Waals surface area contributed by atoms with Gasteiger partial charge in [0.05, 0.1) is 7.11 Å². The Labute approximate surface area is 94.9 Å². The summed E-state index contributed by atoms with van der Waals surface area (Å²) < 4.78 is 30.5. The molecule has 0 radical (unpaired) electrons. The summed E-state index contributed by atoms with van der Waals surface area (Å²) in [5.41, 5.74) is 0.486. The Bertz CT molecular complexity index is 448. The summed E-state index contributed by atoms with van der Waals surface area (Å²) in [6, 6.07) is 4.41. The SMILES string of the molecule is COc1cc(C=O)ccc1O.O=S(=O)(O)P. The molecule has 0 saturated carbocycles. The van der Waals surface area contributed by atoms with Crippen LogP contribution in [0.15, 0.2) is 18.2 Å². The molecule has 1 atom stereocenters. The van der Waals surface area contributed by atoms with Crippen molar-refractivity contribution in [2.75, 3.05) is 7.11 Å². The fourth-order valence-corrected chi connectivity index (χ4v) is 0.768. The van der Waals surface area contributed by atoms with Gasteiger partial charge >= 0.3 is 0 Å². The molecule has 0 fully saturated rings. The largest absolute Gasteiger partial charge is 0.504 e. The summed E-state index contributed by atoms with van der Waals surface area (Å²) in [4.78, 5) is 10.2. The van der Waals surface area contributed by atoms with Gasteiger partial charge in [-0.15, -0.1) is 0 Å². The third kappa shape index (κ3) is 7.17. The number of phenolic OH excluding ortho intramolecular Hbond substituents is 1. The Morgan fingerprint density at radius 1 is 1.44 bits per heavy atom. The Balaban J connectivity index is 0.000000385. The van der Waals surface area contributed by atoms with E-state index in [2.05, 4.69) is 0 Å². The van der Waals surface area contributed by atoms with Crippen LogP contribution in [0.5, 0.6) is 11.5 Å². The van der Waals surface area contributed by atoms with Gasteiger partial charge in [-0.2, -0.15) is 8.42 Å². The molecule has 0 aromatic heterocycles. The molecule has 1 rings (SSSR count). The lowest BCUT2D eigenvalue weighted by Crippen LogP contribution is -1.85. The van der Waals surface area contributed by atoms with Crippen molar-refractivity contribution in [3.05, 3.63) is 23.8 Å². The van der Waals surface area contributed by atoms with E-state index in [1.54, 1.807) is 0 Å². The first kappa shape index (κ1) is 14.8. The summed E-state index contributed by atoms with van der Waals surface area (Å²) in [6.45, 7) is 0. The van der Waals surface area contributed by atoms with E-state index in [4.69, 9.17) is 22.8 Å². The lowest BCUT2D eigenvalue weighted by Gasteiger charge is -2.01. The number of phenols is 1. The Morgan fingerprint density at radius 2 is 1.94 bits per heavy atom. The summed E-state index contributed by atoms with van der Waals surface area (Å²) in [5.74, 6) is 0.354. The maximum absolute atomic E-state index is 10.2. The van der Waals surface area contributed by atoms with E-state index in [1.165, 1.54) is 33.8 Å². The molecule has 0 aliphatic carbocycles. The maximum atomic E-state index is 10.2. The maximum Gasteiger partial charge on any atom is 0.275 e. The summed E-state index contributed by atoms with van der Waals surface area (Å²) in [5, 5.41) is 9.09. The number of carbonyl (C=O) groups is 1. The molecule has 1 aromatic carbocycles. The smallest absolute Gasteiger partial charge is 0.275 e. The van der Waals surface area contributed by atoms with Gasteiger partial charge in [-0.25, -0.2) is 0 Å². The second-order valence-electron chi connectivity index (χ2n) is 2.56. The van der Waals surface area contributed by atoms with E-state index in [1.807, 2.05) is 0 Å². The topological polar surface area (TPSA) is 101 Å². The zero-order chi connectivity index (χ0) is 12.8. The van der Waals surface area contributed by atoms with Crippen molar-refractivity contribution in [3.63, 3.8) is 0 Å². The van der Waals surface area contributed by atoms with Crippen LogP contribution in [0.3, 0.4) is 0 Å². The molecule has 16 heavy (non-hydrogen) atoms. The first-order chi connectivity index (χ1) is 7.27. The van der Waals surface area contributed by atoms with Crippen LogP contribution in [0.4, 0.5) is 0 Å². The van der Waals surface area contributed by atoms with Crippen molar-refractivity contribution in [1.82, 2.24) is 0 Å². The fourth-order valence-electron chi connectivity index (χ4n) is 0.768. The molecule has 1 unspecified atom stereocenters. The van der Waals surface area contributed by atoms with Crippen LogP contribution in [0, 0.1) is 0 Å². The van der Waals surface area contributed by atoms with Crippen LogP contribution in [0.25, 0.3) is 0 Å². The van der Waals surface area contributed by atoms with Crippen molar-refractivity contribution in [2.24, 2.45) is 0 Å². The van der Waals surface area contributed by atoms with Crippen molar-refractivity contribution < 1.29 is 27.6 Å². The van der Waals surface area contributed by atoms with Crippen LogP contribution in [0.2, 0.25) is 0 Å². The lowest BCUT2D eigenvalue weighted by atomic mass is 10.2. The molecular formula is C8H11O6PS. The predicted molar refractivity (Wildman–Crippen MR) is 61.3 cm³/mol. The average Bonchev–Trinajstić information content (AvgIpc) is 2.16. The Morgan fingerprint density at radius 3 is 2.31 bits per heavy atom. The molecule has 6 nitrogen and oxygen atoms in total. The van der Waals surface area contributed by atoms with Gasteiger partial charge in [0, 0.05) is 14.0 Å². The highest BCUT2D eigenvalue weighted by molar-refractivity contribution is 8.34. The molecule has 0 aliphatic rings. The number of aldehydes is 1. The first-order valence-corrected chi connectivity index (χ1v) is 6.77. The number of ether oxygens (including phenoxy) is 1. The van der Waals surface area contributed by atoms with E-state index < -0.39 is 9.74 Å². The number of rotatable bonds is 2. The minimum atomic E-state index is -3.75. The zero-order valence-electron chi connectivity index (χ0n) is 8.32. The van der Waals surface area contributed by atoms with Gasteiger partial charge in [0.25, 0.3) is 9.74 Å². The highest BCUT2D eigenvalue weighted by Gasteiger charge is 2.00. The molecule has 0 aliphatic heterocycles. The highest BCUT2D eigenvalue weighted by Crippen LogP contribution is 2.25. The summed E-state index contributed by atoms with van der Waals surface area (Å²) >= 11 is 0. The molecule has 0 spiro atoms. The van der Waals surface area contributed by atoms with Gasteiger partial charge in [0.2, 0.25) is 0 Å². The molecule has 0 amide bonds. The standard InChI is InChI=1S/C8H8O3.H3O3PS/c1-11-8-4-6(5-9)2-3-7(8)10;1-5(2,3)4/h2-5,10H,1H3;4H2,(H,1,2,3). The third-order valence-electron chi connectivity index (χ3n) is 1.34. The lowest BCUT2D eigenvalue weighted by molar-refractivity contribution is 0.112. The van der Waals surface area contributed by atoms with E-state index in [-0.39, 0.29) is 5.75 Å². The molecule has 2 N–H and O–H groups in total. The van der Waals surface area contributed by atoms with E-state index >= 15 is 0 Å². The third-order valence-corrected chi connectivity index (χ3v) is 1.34. The summed E-state index contributed by atoms with van der Waals surface area (Å²) in [7, 11) is -1.07. The van der Waals surface area contributed by atoms with E-state index in [0.29, 0.717) is 17.6 Å². The number of methoxy groups -OCH3 is 1. The normalized spacial score (nSPS) is 9.94. The van der Waals surface area contributed by atoms with Gasteiger partial charge in [-0.3, -0.25) is 9.35 Å². The van der Waals surface area contributed by atoms with Crippen molar-refractivity contribution in [1.29, 1.82) is 0 Å². The monoisotopic (exact) mass is 266 g/mol. The van der Waals surface area contributed by atoms with Crippen molar-refractivity contribution in [2.45, 2.75) is 0 Å². The van der Waals surface area contributed by atoms with Crippen LogP contribution >= 0.6 is 8.44 Å². The van der Waals surface area contributed by atoms with Gasteiger partial charge in [-0.1, -0.05) is 0 Å². The second kappa shape index (κ2) is 6.42. The van der Waals surface area contributed by atoms with Crippen LogP contribution in [-0.4, -0.2) is 31.5 Å². The number of hydrogen-bond acceptors (Lipinski definition) is 5. The van der Waals surface area contributed by atoms with E-state index in [9.17, 15) is 4.79 Å². The average molecular weight is 266 g/mol. The highest BCUT2D eigenvalue weighted by atomic mass is 32.7. The van der Waals surface area contributed by atoms with Gasteiger partial charge in [0.1, 0.15) is 6.29 Å². The molecule has 90 valence electrons. The second-order valence-corrected chi connectivity index (χ2v) is 5.38. The summed E-state index contributed by atoms with van der Waals surface area (Å²) in [6.07, 6.45) is 0.696. The minimum absolute atomic E-state index is 0.0399. The molecular weight excluding hydrogens is 255 g/mol. The number of aromatic hydroxyl groups is 1. The number of carbonyl (C=O) groups excluding carboxylic acids is 1. The molecule has 8 heteroatoms. The van der Waals surface area contributed by atoms with Crippen LogP contribution < -0.4 is 4.74 Å². The Hall–Kier alpha value is -1.17. The van der Waals surface area contributed by atoms with E-state index in [0.717, 1.165) is 0 Å². The van der Waals surface area contributed by atoms with Crippen LogP contribution in [-0.2, 0) is 9.74 Å². The van der Waals surface area contributed by atoms with Gasteiger partial charge in [0.15, 0.2) is 11.5 Å². The molecule has 0 bridgehead atoms. The number of hydrogen-bond donors (Lipinski definition) is 2. The van der Waals surface area contributed by atoms with Crippen molar-refractivity contribution >= 4 is 24.5 Å². The number of benzene rings is 1. The molecule has 1 aromatic rings. The first-order valence-electron chi connectivity index (χ1n) is 3.85. The quantitative estimate of drug-likeness (QED) is 0.468.